The Morgan fingerprint density at radius 1 is 1.06 bits per heavy atom. The quantitative estimate of drug-likeness (QED) is 0.523. The fourth-order valence-corrected chi connectivity index (χ4v) is 3.84. The van der Waals surface area contributed by atoms with Crippen LogP contribution in [0.25, 0.3) is 21.9 Å². The Bertz CT molecular complexity index is 1310. The van der Waals surface area contributed by atoms with Crippen LogP contribution in [-0.2, 0) is 9.59 Å². The summed E-state index contributed by atoms with van der Waals surface area (Å²) in [5, 5.41) is 4.79. The van der Waals surface area contributed by atoms with Crippen molar-refractivity contribution >= 4 is 45.1 Å². The predicted molar refractivity (Wildman–Crippen MR) is 118 cm³/mol. The highest BCUT2D eigenvalue weighted by molar-refractivity contribution is 6.08. The molecule has 7 nitrogen and oxygen atoms in total. The van der Waals surface area contributed by atoms with E-state index in [-0.39, 0.29) is 31.4 Å². The summed E-state index contributed by atoms with van der Waals surface area (Å²) in [6, 6.07) is 18.7. The second-order valence-electron chi connectivity index (χ2n) is 7.25. The number of fused-ring (bicyclic) bond motifs is 4. The molecule has 4 aromatic rings. The maximum absolute atomic E-state index is 12.7. The molecule has 1 aliphatic heterocycles. The average Bonchev–Trinajstić information content (AvgIpc) is 3.15. The van der Waals surface area contributed by atoms with E-state index in [0.29, 0.717) is 28.5 Å². The standard InChI is InChI=1S/C24H20N2O5/c1-29-22-12-16-15-6-2-4-8-19(15)31-21(16)13-17(22)25-23(27)10-11-26-18-7-3-5-9-20(18)30-14-24(26)28/h2-9,12-13H,10-11,14H2,1H3,(H,25,27). The molecule has 1 aromatic heterocycles. The predicted octanol–water partition coefficient (Wildman–Crippen LogP) is 4.35. The molecule has 31 heavy (non-hydrogen) atoms. The molecular formula is C24H20N2O5. The van der Waals surface area contributed by atoms with E-state index >= 15 is 0 Å². The Morgan fingerprint density at radius 2 is 1.87 bits per heavy atom. The van der Waals surface area contributed by atoms with Gasteiger partial charge in [-0.3, -0.25) is 9.59 Å². The third-order valence-electron chi connectivity index (χ3n) is 5.34. The Kier molecular flexibility index (Phi) is 4.71. The van der Waals surface area contributed by atoms with E-state index < -0.39 is 0 Å². The van der Waals surface area contributed by atoms with Gasteiger partial charge >= 0.3 is 0 Å². The fourth-order valence-electron chi connectivity index (χ4n) is 3.84. The zero-order valence-corrected chi connectivity index (χ0v) is 16.9. The SMILES string of the molecule is COc1cc2c(cc1NC(=O)CCN1C(=O)COc3ccccc31)oc1ccccc12. The van der Waals surface area contributed by atoms with E-state index in [1.165, 1.54) is 0 Å². The van der Waals surface area contributed by atoms with Gasteiger partial charge in [0.25, 0.3) is 5.91 Å². The number of furan rings is 1. The van der Waals surface area contributed by atoms with Crippen molar-refractivity contribution in [1.82, 2.24) is 0 Å². The molecule has 1 aliphatic rings. The number of benzene rings is 3. The van der Waals surface area contributed by atoms with Gasteiger partial charge in [-0.25, -0.2) is 0 Å². The highest BCUT2D eigenvalue weighted by Gasteiger charge is 2.25. The first-order valence-electron chi connectivity index (χ1n) is 9.95. The molecule has 0 aliphatic carbocycles. The van der Waals surface area contributed by atoms with Crippen LogP contribution in [0.1, 0.15) is 6.42 Å². The number of carbonyl (C=O) groups excluding carboxylic acids is 2. The summed E-state index contributed by atoms with van der Waals surface area (Å²) in [5.74, 6) is 0.776. The van der Waals surface area contributed by atoms with Crippen molar-refractivity contribution in [3.8, 4) is 11.5 Å². The summed E-state index contributed by atoms with van der Waals surface area (Å²) in [6.07, 6.45) is 0.126. The van der Waals surface area contributed by atoms with Crippen molar-refractivity contribution in [3.63, 3.8) is 0 Å². The largest absolute Gasteiger partial charge is 0.495 e. The average molecular weight is 416 g/mol. The first-order chi connectivity index (χ1) is 15.1. The van der Waals surface area contributed by atoms with E-state index in [2.05, 4.69) is 5.32 Å². The molecule has 0 fully saturated rings. The van der Waals surface area contributed by atoms with Gasteiger partial charge in [-0.2, -0.15) is 0 Å². The number of hydrogen-bond acceptors (Lipinski definition) is 5. The van der Waals surface area contributed by atoms with Gasteiger partial charge in [0.15, 0.2) is 6.61 Å². The first-order valence-corrected chi connectivity index (χ1v) is 9.95. The monoisotopic (exact) mass is 416 g/mol. The third kappa shape index (κ3) is 3.44. The van der Waals surface area contributed by atoms with Gasteiger partial charge < -0.3 is 24.1 Å². The molecule has 0 radical (unpaired) electrons. The van der Waals surface area contributed by atoms with Crippen molar-refractivity contribution in [2.75, 3.05) is 30.5 Å². The molecule has 3 aromatic carbocycles. The lowest BCUT2D eigenvalue weighted by Crippen LogP contribution is -2.40. The summed E-state index contributed by atoms with van der Waals surface area (Å²) in [7, 11) is 1.56. The van der Waals surface area contributed by atoms with Crippen LogP contribution in [0.2, 0.25) is 0 Å². The third-order valence-corrected chi connectivity index (χ3v) is 5.34. The zero-order chi connectivity index (χ0) is 21.4. The lowest BCUT2D eigenvalue weighted by atomic mass is 10.1. The zero-order valence-electron chi connectivity index (χ0n) is 16.9. The summed E-state index contributed by atoms with van der Waals surface area (Å²) in [4.78, 5) is 26.6. The number of anilines is 2. The molecule has 0 saturated heterocycles. The second-order valence-corrected chi connectivity index (χ2v) is 7.25. The minimum absolute atomic E-state index is 0.0326. The second kappa shape index (κ2) is 7.68. The molecule has 0 unspecified atom stereocenters. The number of carbonyl (C=O) groups is 2. The molecule has 5 rings (SSSR count). The number of hydrogen-bond donors (Lipinski definition) is 1. The van der Waals surface area contributed by atoms with Crippen molar-refractivity contribution < 1.29 is 23.5 Å². The summed E-state index contributed by atoms with van der Waals surface area (Å²) in [6.45, 7) is 0.218. The normalized spacial score (nSPS) is 13.2. The smallest absolute Gasteiger partial charge is 0.265 e. The van der Waals surface area contributed by atoms with Crippen LogP contribution in [0, 0.1) is 0 Å². The van der Waals surface area contributed by atoms with Gasteiger partial charge in [-0.1, -0.05) is 30.3 Å². The lowest BCUT2D eigenvalue weighted by molar-refractivity contribution is -0.121. The van der Waals surface area contributed by atoms with Crippen LogP contribution in [0.5, 0.6) is 11.5 Å². The van der Waals surface area contributed by atoms with Gasteiger partial charge in [-0.15, -0.1) is 0 Å². The number of rotatable bonds is 5. The van der Waals surface area contributed by atoms with Crippen LogP contribution in [0.4, 0.5) is 11.4 Å². The van der Waals surface area contributed by atoms with E-state index in [0.717, 1.165) is 16.4 Å². The molecule has 1 N–H and O–H groups in total. The Morgan fingerprint density at radius 3 is 2.74 bits per heavy atom. The number of nitrogens with zero attached hydrogens (tertiary/aromatic N) is 1. The maximum Gasteiger partial charge on any atom is 0.265 e. The van der Waals surface area contributed by atoms with Crippen molar-refractivity contribution in [1.29, 1.82) is 0 Å². The summed E-state index contributed by atoms with van der Waals surface area (Å²) in [5.41, 5.74) is 2.63. The highest BCUT2D eigenvalue weighted by atomic mass is 16.5. The molecule has 0 atom stereocenters. The molecule has 7 heteroatoms. The Labute approximate surface area is 178 Å². The number of nitrogens with one attached hydrogen (secondary N) is 1. The Hall–Kier alpha value is -4.00. The molecule has 156 valence electrons. The molecule has 0 bridgehead atoms. The topological polar surface area (TPSA) is 81.0 Å². The van der Waals surface area contributed by atoms with Gasteiger partial charge in [0.2, 0.25) is 5.91 Å². The van der Waals surface area contributed by atoms with Gasteiger partial charge in [0, 0.05) is 29.8 Å². The minimum Gasteiger partial charge on any atom is -0.495 e. The maximum atomic E-state index is 12.7. The molecule has 0 spiro atoms. The van der Waals surface area contributed by atoms with Gasteiger partial charge in [0.1, 0.15) is 22.7 Å². The van der Waals surface area contributed by atoms with Crippen LogP contribution in [0.15, 0.2) is 65.1 Å². The minimum atomic E-state index is -0.231. The summed E-state index contributed by atoms with van der Waals surface area (Å²) >= 11 is 0. The van der Waals surface area contributed by atoms with Crippen LogP contribution < -0.4 is 19.7 Å². The fraction of sp³-hybridized carbons (Fsp3) is 0.167. The van der Waals surface area contributed by atoms with Gasteiger partial charge in [0.05, 0.1) is 18.5 Å². The van der Waals surface area contributed by atoms with E-state index in [4.69, 9.17) is 13.9 Å². The van der Waals surface area contributed by atoms with E-state index in [1.807, 2.05) is 54.6 Å². The van der Waals surface area contributed by atoms with Crippen molar-refractivity contribution in [3.05, 3.63) is 60.7 Å². The molecule has 0 saturated carbocycles. The molecule has 2 amide bonds. The molecule has 2 heterocycles. The van der Waals surface area contributed by atoms with Crippen LogP contribution in [-0.4, -0.2) is 32.1 Å². The van der Waals surface area contributed by atoms with E-state index in [1.54, 1.807) is 18.1 Å². The number of methoxy groups -OCH3 is 1. The highest BCUT2D eigenvalue weighted by Crippen LogP contribution is 2.36. The summed E-state index contributed by atoms with van der Waals surface area (Å²) < 4.78 is 16.8. The first kappa shape index (κ1) is 19.0. The van der Waals surface area contributed by atoms with Gasteiger partial charge in [-0.05, 0) is 24.3 Å². The Balaban J connectivity index is 1.36. The van der Waals surface area contributed by atoms with Crippen LogP contribution in [0.3, 0.4) is 0 Å². The van der Waals surface area contributed by atoms with E-state index in [9.17, 15) is 9.59 Å². The molecular weight excluding hydrogens is 396 g/mol. The van der Waals surface area contributed by atoms with Crippen LogP contribution >= 0.6 is 0 Å². The lowest BCUT2D eigenvalue weighted by Gasteiger charge is -2.29. The number of ether oxygens (including phenoxy) is 2. The van der Waals surface area contributed by atoms with Crippen molar-refractivity contribution in [2.24, 2.45) is 0 Å². The number of amides is 2. The number of para-hydroxylation sites is 3. The van der Waals surface area contributed by atoms with Crippen molar-refractivity contribution in [2.45, 2.75) is 6.42 Å².